The van der Waals surface area contributed by atoms with Gasteiger partial charge < -0.3 is 9.80 Å². The molecule has 2 rings (SSSR count). The fourth-order valence-corrected chi connectivity index (χ4v) is 4.38. The van der Waals surface area contributed by atoms with E-state index in [1.54, 1.807) is 24.0 Å². The van der Waals surface area contributed by atoms with Gasteiger partial charge in [0.05, 0.1) is 4.90 Å². The van der Waals surface area contributed by atoms with Crippen molar-refractivity contribution in [3.8, 4) is 0 Å². The summed E-state index contributed by atoms with van der Waals surface area (Å²) < 4.78 is 27.7. The summed E-state index contributed by atoms with van der Waals surface area (Å²) in [5.74, 6) is -0.0761. The minimum atomic E-state index is -3.64. The lowest BCUT2D eigenvalue weighted by Crippen LogP contribution is -2.34. The first kappa shape index (κ1) is 22.9. The Hall–Kier alpha value is -2.38. The van der Waals surface area contributed by atoms with Crippen LogP contribution < -0.4 is 9.62 Å². The number of anilines is 1. The number of carbonyl (C=O) groups is 1. The maximum atomic E-state index is 12.6. The molecule has 7 heteroatoms. The standard InChI is InChI=1S/C22H31N3O3S/c1-6-25(16-19-9-11-20(12-10-19)24(4)5)22(26)13-14-23-29(27,28)21-15-17(2)7-8-18(21)3/h7-12,15,23H,6,13-14,16H2,1-5H3. The molecule has 29 heavy (non-hydrogen) atoms. The maximum absolute atomic E-state index is 12.6. The molecule has 2 aromatic rings. The molecule has 1 N–H and O–H groups in total. The van der Waals surface area contributed by atoms with Gasteiger partial charge >= 0.3 is 0 Å². The molecule has 2 aromatic carbocycles. The molecule has 0 aliphatic heterocycles. The van der Waals surface area contributed by atoms with Crippen molar-refractivity contribution in [3.05, 3.63) is 59.2 Å². The lowest BCUT2D eigenvalue weighted by atomic mass is 10.2. The number of hydrogen-bond acceptors (Lipinski definition) is 4. The van der Waals surface area contributed by atoms with Crippen molar-refractivity contribution in [3.63, 3.8) is 0 Å². The van der Waals surface area contributed by atoms with Crippen LogP contribution in [0.5, 0.6) is 0 Å². The average molecular weight is 418 g/mol. The van der Waals surface area contributed by atoms with Crippen LogP contribution in [0.1, 0.15) is 30.0 Å². The average Bonchev–Trinajstić information content (AvgIpc) is 2.67. The van der Waals surface area contributed by atoms with E-state index in [2.05, 4.69) is 4.72 Å². The van der Waals surface area contributed by atoms with E-state index >= 15 is 0 Å². The molecule has 0 aromatic heterocycles. The second-order valence-corrected chi connectivity index (χ2v) is 9.12. The molecule has 0 unspecified atom stereocenters. The summed E-state index contributed by atoms with van der Waals surface area (Å²) in [6, 6.07) is 13.4. The second-order valence-electron chi connectivity index (χ2n) is 7.39. The van der Waals surface area contributed by atoms with Gasteiger partial charge in [0.15, 0.2) is 0 Å². The van der Waals surface area contributed by atoms with Crippen molar-refractivity contribution >= 4 is 21.6 Å². The van der Waals surface area contributed by atoms with Crippen molar-refractivity contribution in [1.29, 1.82) is 0 Å². The van der Waals surface area contributed by atoms with Gasteiger partial charge in [-0.1, -0.05) is 24.3 Å². The van der Waals surface area contributed by atoms with Crippen LogP contribution in [0.2, 0.25) is 0 Å². The third-order valence-electron chi connectivity index (χ3n) is 4.82. The number of rotatable bonds is 9. The normalized spacial score (nSPS) is 11.3. The molecule has 0 fully saturated rings. The van der Waals surface area contributed by atoms with Gasteiger partial charge in [0, 0.05) is 45.8 Å². The Morgan fingerprint density at radius 1 is 1.03 bits per heavy atom. The number of benzene rings is 2. The van der Waals surface area contributed by atoms with Crippen molar-refractivity contribution < 1.29 is 13.2 Å². The van der Waals surface area contributed by atoms with E-state index in [4.69, 9.17) is 0 Å². The molecule has 0 atom stereocenters. The Bertz CT molecular complexity index is 938. The molecule has 0 bridgehead atoms. The maximum Gasteiger partial charge on any atom is 0.240 e. The predicted molar refractivity (Wildman–Crippen MR) is 118 cm³/mol. The van der Waals surface area contributed by atoms with Gasteiger partial charge in [-0.25, -0.2) is 13.1 Å². The lowest BCUT2D eigenvalue weighted by molar-refractivity contribution is -0.131. The van der Waals surface area contributed by atoms with Crippen LogP contribution >= 0.6 is 0 Å². The van der Waals surface area contributed by atoms with Crippen molar-refractivity contribution in [1.82, 2.24) is 9.62 Å². The summed E-state index contributed by atoms with van der Waals surface area (Å²) in [4.78, 5) is 16.6. The zero-order valence-electron chi connectivity index (χ0n) is 17.9. The summed E-state index contributed by atoms with van der Waals surface area (Å²) in [5.41, 5.74) is 3.71. The fourth-order valence-electron chi connectivity index (χ4n) is 3.02. The van der Waals surface area contributed by atoms with Gasteiger partial charge in [-0.2, -0.15) is 0 Å². The van der Waals surface area contributed by atoms with Crippen molar-refractivity contribution in [2.75, 3.05) is 32.1 Å². The molecule has 0 radical (unpaired) electrons. The third kappa shape index (κ3) is 6.30. The number of nitrogens with one attached hydrogen (secondary N) is 1. The summed E-state index contributed by atoms with van der Waals surface area (Å²) in [6.45, 7) is 6.69. The highest BCUT2D eigenvalue weighted by molar-refractivity contribution is 7.89. The lowest BCUT2D eigenvalue weighted by Gasteiger charge is -2.22. The topological polar surface area (TPSA) is 69.7 Å². The number of hydrogen-bond donors (Lipinski definition) is 1. The molecule has 0 heterocycles. The van der Waals surface area contributed by atoms with Crippen molar-refractivity contribution in [2.24, 2.45) is 0 Å². The van der Waals surface area contributed by atoms with E-state index in [-0.39, 0.29) is 23.8 Å². The van der Waals surface area contributed by atoms with Crippen LogP contribution in [-0.4, -0.2) is 46.4 Å². The van der Waals surface area contributed by atoms with Gasteiger partial charge in [-0.15, -0.1) is 0 Å². The third-order valence-corrected chi connectivity index (χ3v) is 6.43. The van der Waals surface area contributed by atoms with Gasteiger partial charge in [-0.05, 0) is 55.7 Å². The molecule has 0 aliphatic carbocycles. The van der Waals surface area contributed by atoms with Gasteiger partial charge in [-0.3, -0.25) is 4.79 Å². The zero-order valence-corrected chi connectivity index (χ0v) is 18.7. The van der Waals surface area contributed by atoms with Crippen LogP contribution in [0.4, 0.5) is 5.69 Å². The zero-order chi connectivity index (χ0) is 21.6. The molecule has 0 aliphatic rings. The van der Waals surface area contributed by atoms with E-state index in [1.807, 2.05) is 63.2 Å². The summed E-state index contributed by atoms with van der Waals surface area (Å²) in [6.07, 6.45) is 0.119. The first-order valence-corrected chi connectivity index (χ1v) is 11.2. The van der Waals surface area contributed by atoms with E-state index in [0.717, 1.165) is 16.8 Å². The SMILES string of the molecule is CCN(Cc1ccc(N(C)C)cc1)C(=O)CCNS(=O)(=O)c1cc(C)ccc1C. The Morgan fingerprint density at radius 2 is 1.69 bits per heavy atom. The molecular formula is C22H31N3O3S. The van der Waals surface area contributed by atoms with Crippen LogP contribution in [0.25, 0.3) is 0 Å². The minimum Gasteiger partial charge on any atom is -0.378 e. The Morgan fingerprint density at radius 3 is 2.28 bits per heavy atom. The van der Waals surface area contributed by atoms with E-state index in [1.165, 1.54) is 0 Å². The van der Waals surface area contributed by atoms with E-state index < -0.39 is 10.0 Å². The number of nitrogens with zero attached hydrogens (tertiary/aromatic N) is 2. The Labute approximate surface area is 174 Å². The fraction of sp³-hybridized carbons (Fsp3) is 0.409. The number of carbonyl (C=O) groups excluding carboxylic acids is 1. The molecule has 6 nitrogen and oxygen atoms in total. The highest BCUT2D eigenvalue weighted by atomic mass is 32.2. The van der Waals surface area contributed by atoms with Crippen LogP contribution in [0.3, 0.4) is 0 Å². The highest BCUT2D eigenvalue weighted by Gasteiger charge is 2.18. The molecule has 1 amide bonds. The first-order valence-electron chi connectivity index (χ1n) is 9.75. The Kier molecular flexibility index (Phi) is 7.81. The number of aryl methyl sites for hydroxylation is 2. The highest BCUT2D eigenvalue weighted by Crippen LogP contribution is 2.17. The second kappa shape index (κ2) is 9.89. The minimum absolute atomic E-state index is 0.0740. The summed E-state index contributed by atoms with van der Waals surface area (Å²) in [5, 5.41) is 0. The van der Waals surface area contributed by atoms with E-state index in [9.17, 15) is 13.2 Å². The molecule has 0 saturated heterocycles. The van der Waals surface area contributed by atoms with E-state index in [0.29, 0.717) is 18.7 Å². The van der Waals surface area contributed by atoms with Gasteiger partial charge in [0.2, 0.25) is 15.9 Å². The smallest absolute Gasteiger partial charge is 0.240 e. The summed E-state index contributed by atoms with van der Waals surface area (Å²) in [7, 11) is 0.326. The molecule has 158 valence electrons. The van der Waals surface area contributed by atoms with Crippen LogP contribution in [0.15, 0.2) is 47.4 Å². The molecule has 0 spiro atoms. The van der Waals surface area contributed by atoms with Crippen LogP contribution in [-0.2, 0) is 21.4 Å². The Balaban J connectivity index is 1.95. The van der Waals surface area contributed by atoms with Gasteiger partial charge in [0.25, 0.3) is 0 Å². The van der Waals surface area contributed by atoms with Gasteiger partial charge in [0.1, 0.15) is 0 Å². The molecular weight excluding hydrogens is 386 g/mol. The molecule has 0 saturated carbocycles. The van der Waals surface area contributed by atoms with Crippen molar-refractivity contribution in [2.45, 2.75) is 38.6 Å². The first-order chi connectivity index (χ1) is 13.6. The largest absolute Gasteiger partial charge is 0.378 e. The predicted octanol–water partition coefficient (Wildman–Crippen LogP) is 3.09. The quantitative estimate of drug-likeness (QED) is 0.681. The summed E-state index contributed by atoms with van der Waals surface area (Å²) >= 11 is 0. The monoisotopic (exact) mass is 417 g/mol. The number of sulfonamides is 1. The van der Waals surface area contributed by atoms with Crippen LogP contribution in [0, 0.1) is 13.8 Å². The number of amides is 1.